The molecular weight excluding hydrogens is 275 g/mol. The molecule has 0 spiro atoms. The molecule has 5 nitrogen and oxygen atoms in total. The number of aliphatic carboxylic acids is 1. The van der Waals surface area contributed by atoms with Gasteiger partial charge >= 0.3 is 5.97 Å². The van der Waals surface area contributed by atoms with Crippen LogP contribution in [0.5, 0.6) is 0 Å². The second-order valence-electron chi connectivity index (χ2n) is 4.38. The molecule has 2 N–H and O–H groups in total. The molecule has 1 atom stereocenters. The lowest BCUT2D eigenvalue weighted by Gasteiger charge is -2.17. The van der Waals surface area contributed by atoms with E-state index in [-0.39, 0.29) is 12.0 Å². The summed E-state index contributed by atoms with van der Waals surface area (Å²) in [6.07, 6.45) is 0.940. The highest BCUT2D eigenvalue weighted by molar-refractivity contribution is 5.94. The molecule has 1 heterocycles. The van der Waals surface area contributed by atoms with Crippen LogP contribution in [0.4, 0.5) is 4.39 Å². The number of nitrogens with zero attached hydrogens (tertiary/aromatic N) is 1. The van der Waals surface area contributed by atoms with Crippen molar-refractivity contribution >= 4 is 11.9 Å². The van der Waals surface area contributed by atoms with Crippen molar-refractivity contribution < 1.29 is 19.1 Å². The first-order valence-electron chi connectivity index (χ1n) is 6.26. The van der Waals surface area contributed by atoms with E-state index in [1.54, 1.807) is 30.3 Å². The summed E-state index contributed by atoms with van der Waals surface area (Å²) < 4.78 is 13.5. The van der Waals surface area contributed by atoms with Crippen LogP contribution in [0.1, 0.15) is 28.4 Å². The van der Waals surface area contributed by atoms with Crippen LogP contribution < -0.4 is 5.32 Å². The molecule has 0 radical (unpaired) electrons. The third kappa shape index (κ3) is 3.85. The number of hydrogen-bond donors (Lipinski definition) is 2. The van der Waals surface area contributed by atoms with Crippen molar-refractivity contribution in [3.8, 4) is 0 Å². The number of amides is 1. The van der Waals surface area contributed by atoms with Crippen molar-refractivity contribution in [2.24, 2.45) is 0 Å². The Morgan fingerprint density at radius 3 is 2.52 bits per heavy atom. The van der Waals surface area contributed by atoms with E-state index >= 15 is 0 Å². The number of aromatic nitrogens is 1. The Morgan fingerprint density at radius 1 is 1.19 bits per heavy atom. The second-order valence-corrected chi connectivity index (χ2v) is 4.38. The van der Waals surface area contributed by atoms with Gasteiger partial charge in [-0.3, -0.25) is 9.59 Å². The molecule has 0 aliphatic heterocycles. The largest absolute Gasteiger partial charge is 0.481 e. The minimum absolute atomic E-state index is 0.219. The van der Waals surface area contributed by atoms with Gasteiger partial charge in [0, 0.05) is 6.20 Å². The van der Waals surface area contributed by atoms with Crippen LogP contribution in [0.2, 0.25) is 0 Å². The van der Waals surface area contributed by atoms with E-state index in [9.17, 15) is 14.0 Å². The van der Waals surface area contributed by atoms with E-state index in [1.165, 1.54) is 18.3 Å². The summed E-state index contributed by atoms with van der Waals surface area (Å²) in [5, 5.41) is 11.5. The quantitative estimate of drug-likeness (QED) is 0.826. The highest BCUT2D eigenvalue weighted by Crippen LogP contribution is 2.17. The summed E-state index contributed by atoms with van der Waals surface area (Å²) in [7, 11) is 0. The van der Waals surface area contributed by atoms with Crippen molar-refractivity contribution in [2.45, 2.75) is 12.5 Å². The molecule has 108 valence electrons. The summed E-state index contributed by atoms with van der Waals surface area (Å²) >= 11 is 0. The van der Waals surface area contributed by atoms with Crippen LogP contribution in [0, 0.1) is 5.95 Å². The first-order chi connectivity index (χ1) is 10.1. The molecule has 1 amide bonds. The summed E-state index contributed by atoms with van der Waals surface area (Å²) in [6.45, 7) is 0. The molecular formula is C15H13FN2O3. The van der Waals surface area contributed by atoms with Gasteiger partial charge < -0.3 is 10.4 Å². The summed E-state index contributed by atoms with van der Waals surface area (Å²) in [5.74, 6) is -2.65. The van der Waals surface area contributed by atoms with Crippen molar-refractivity contribution in [1.29, 1.82) is 0 Å². The fraction of sp³-hybridized carbons (Fsp3) is 0.133. The molecule has 0 aliphatic carbocycles. The van der Waals surface area contributed by atoms with Crippen LogP contribution in [-0.2, 0) is 4.79 Å². The number of carbonyl (C=O) groups excluding carboxylic acids is 1. The van der Waals surface area contributed by atoms with Crippen molar-refractivity contribution in [3.63, 3.8) is 0 Å². The fourth-order valence-electron chi connectivity index (χ4n) is 1.90. The van der Waals surface area contributed by atoms with Gasteiger partial charge in [0.2, 0.25) is 5.95 Å². The lowest BCUT2D eigenvalue weighted by molar-refractivity contribution is -0.137. The van der Waals surface area contributed by atoms with E-state index in [0.717, 1.165) is 0 Å². The Morgan fingerprint density at radius 2 is 1.90 bits per heavy atom. The number of carboxylic acids is 1. The molecule has 0 saturated heterocycles. The van der Waals surface area contributed by atoms with Crippen molar-refractivity contribution in [3.05, 3.63) is 65.7 Å². The molecule has 0 fully saturated rings. The summed E-state index contributed by atoms with van der Waals surface area (Å²) in [6, 6.07) is 10.6. The third-order valence-corrected chi connectivity index (χ3v) is 2.89. The SMILES string of the molecule is O=C(O)CC(NC(=O)c1cccnc1F)c1ccccc1. The molecule has 1 aromatic heterocycles. The maximum atomic E-state index is 13.5. The monoisotopic (exact) mass is 288 g/mol. The average molecular weight is 288 g/mol. The minimum atomic E-state index is -1.06. The van der Waals surface area contributed by atoms with E-state index in [1.807, 2.05) is 0 Å². The Hall–Kier alpha value is -2.76. The normalized spacial score (nSPS) is 11.7. The molecule has 0 aliphatic rings. The number of pyridine rings is 1. The molecule has 0 bridgehead atoms. The van der Waals surface area contributed by atoms with Gasteiger partial charge in [0.1, 0.15) is 0 Å². The lowest BCUT2D eigenvalue weighted by Crippen LogP contribution is -2.31. The number of carboxylic acid groups (broad SMARTS) is 1. The standard InChI is InChI=1S/C15H13FN2O3/c16-14-11(7-4-8-17-14)15(21)18-12(9-13(19)20)10-5-2-1-3-6-10/h1-8,12H,9H2,(H,18,21)(H,19,20). The first-order valence-corrected chi connectivity index (χ1v) is 6.26. The fourth-order valence-corrected chi connectivity index (χ4v) is 1.90. The third-order valence-electron chi connectivity index (χ3n) is 2.89. The average Bonchev–Trinajstić information content (AvgIpc) is 2.47. The van der Waals surface area contributed by atoms with Gasteiger partial charge in [0.15, 0.2) is 0 Å². The number of benzene rings is 1. The van der Waals surface area contributed by atoms with Gasteiger partial charge in [-0.25, -0.2) is 4.98 Å². The number of carbonyl (C=O) groups is 2. The molecule has 6 heteroatoms. The van der Waals surface area contributed by atoms with Crippen LogP contribution >= 0.6 is 0 Å². The number of halogens is 1. The minimum Gasteiger partial charge on any atom is -0.481 e. The van der Waals surface area contributed by atoms with Gasteiger partial charge in [0.25, 0.3) is 5.91 Å². The van der Waals surface area contributed by atoms with Gasteiger partial charge in [-0.05, 0) is 17.7 Å². The number of nitrogens with one attached hydrogen (secondary N) is 1. The maximum Gasteiger partial charge on any atom is 0.305 e. The van der Waals surface area contributed by atoms with Gasteiger partial charge in [-0.1, -0.05) is 30.3 Å². The Labute approximate surface area is 120 Å². The zero-order valence-corrected chi connectivity index (χ0v) is 11.0. The molecule has 2 aromatic rings. The van der Waals surface area contributed by atoms with E-state index in [2.05, 4.69) is 10.3 Å². The number of rotatable bonds is 5. The highest BCUT2D eigenvalue weighted by Gasteiger charge is 2.20. The van der Waals surface area contributed by atoms with E-state index < -0.39 is 23.9 Å². The maximum absolute atomic E-state index is 13.5. The predicted octanol–water partition coefficient (Wildman–Crippen LogP) is 2.17. The summed E-state index contributed by atoms with van der Waals surface area (Å²) in [4.78, 5) is 26.4. The number of hydrogen-bond acceptors (Lipinski definition) is 3. The molecule has 2 rings (SSSR count). The smallest absolute Gasteiger partial charge is 0.305 e. The van der Waals surface area contributed by atoms with Crippen LogP contribution in [-0.4, -0.2) is 22.0 Å². The Balaban J connectivity index is 2.21. The van der Waals surface area contributed by atoms with Crippen molar-refractivity contribution in [1.82, 2.24) is 10.3 Å². The van der Waals surface area contributed by atoms with Crippen LogP contribution in [0.25, 0.3) is 0 Å². The zero-order chi connectivity index (χ0) is 15.2. The topological polar surface area (TPSA) is 79.3 Å². The molecule has 1 unspecified atom stereocenters. The van der Waals surface area contributed by atoms with E-state index in [4.69, 9.17) is 5.11 Å². The first kappa shape index (κ1) is 14.6. The highest BCUT2D eigenvalue weighted by atomic mass is 19.1. The van der Waals surface area contributed by atoms with Gasteiger partial charge in [-0.15, -0.1) is 0 Å². The van der Waals surface area contributed by atoms with Crippen LogP contribution in [0.3, 0.4) is 0 Å². The predicted molar refractivity (Wildman–Crippen MR) is 73.1 cm³/mol. The molecule has 21 heavy (non-hydrogen) atoms. The van der Waals surface area contributed by atoms with Crippen molar-refractivity contribution in [2.75, 3.05) is 0 Å². The molecule has 1 aromatic carbocycles. The Bertz CT molecular complexity index is 646. The zero-order valence-electron chi connectivity index (χ0n) is 11.0. The van der Waals surface area contributed by atoms with E-state index in [0.29, 0.717) is 5.56 Å². The van der Waals surface area contributed by atoms with Gasteiger partial charge in [0.05, 0.1) is 18.0 Å². The van der Waals surface area contributed by atoms with Crippen LogP contribution in [0.15, 0.2) is 48.7 Å². The second kappa shape index (κ2) is 6.60. The lowest BCUT2D eigenvalue weighted by atomic mass is 10.0. The van der Waals surface area contributed by atoms with Gasteiger partial charge in [-0.2, -0.15) is 4.39 Å². The molecule has 0 saturated carbocycles. The Kier molecular flexibility index (Phi) is 4.61. The summed E-state index contributed by atoms with van der Waals surface area (Å²) in [5.41, 5.74) is 0.418.